The van der Waals surface area contributed by atoms with Crippen molar-refractivity contribution in [2.75, 3.05) is 7.11 Å². The fraction of sp³-hybridized carbons (Fsp3) is 0.333. The second-order valence-electron chi connectivity index (χ2n) is 7.62. The van der Waals surface area contributed by atoms with Gasteiger partial charge in [0, 0.05) is 23.3 Å². The number of nitrogens with zero attached hydrogens (tertiary/aromatic N) is 1. The van der Waals surface area contributed by atoms with Gasteiger partial charge in [-0.05, 0) is 48.7 Å². The molecule has 0 unspecified atom stereocenters. The van der Waals surface area contributed by atoms with E-state index in [9.17, 15) is 9.59 Å². The van der Waals surface area contributed by atoms with Crippen molar-refractivity contribution >= 4 is 17.2 Å². The van der Waals surface area contributed by atoms with Gasteiger partial charge in [-0.1, -0.05) is 43.9 Å². The number of carbonyl (C=O) groups excluding carboxylic acids is 2. The van der Waals surface area contributed by atoms with E-state index in [0.29, 0.717) is 5.69 Å². The van der Waals surface area contributed by atoms with Crippen molar-refractivity contribution in [1.82, 2.24) is 9.72 Å². The van der Waals surface area contributed by atoms with Crippen LogP contribution in [0.1, 0.15) is 49.0 Å². The van der Waals surface area contributed by atoms with Gasteiger partial charge in [0.1, 0.15) is 11.4 Å². The molecule has 5 nitrogen and oxygen atoms in total. The summed E-state index contributed by atoms with van der Waals surface area (Å²) in [5.41, 5.74) is 2.90. The molecule has 0 atom stereocenters. The fourth-order valence-electron chi connectivity index (χ4n) is 4.13. The zero-order chi connectivity index (χ0) is 20.2. The fourth-order valence-corrected chi connectivity index (χ4v) is 4.13. The average Bonchev–Trinajstić information content (AvgIpc) is 2.95. The molecule has 1 N–H and O–H groups in total. The summed E-state index contributed by atoms with van der Waals surface area (Å²) >= 11 is 0. The zero-order valence-electron chi connectivity index (χ0n) is 16.7. The Balaban J connectivity index is 1.69. The van der Waals surface area contributed by atoms with Gasteiger partial charge in [0.05, 0.1) is 7.11 Å². The first-order valence-corrected chi connectivity index (χ1v) is 10.3. The Morgan fingerprint density at radius 1 is 1.00 bits per heavy atom. The van der Waals surface area contributed by atoms with E-state index in [2.05, 4.69) is 5.32 Å². The first-order valence-electron chi connectivity index (χ1n) is 10.3. The van der Waals surface area contributed by atoms with E-state index in [1.54, 1.807) is 11.5 Å². The summed E-state index contributed by atoms with van der Waals surface area (Å²) in [6, 6.07) is 15.3. The number of fused-ring (bicyclic) bond motifs is 1. The molecule has 2 aromatic heterocycles. The number of hydrogen-bond acceptors (Lipinski definition) is 3. The quantitative estimate of drug-likeness (QED) is 0.392. The number of pyridine rings is 1. The largest absolute Gasteiger partial charge is 0.497 e. The predicted octanol–water partition coefficient (Wildman–Crippen LogP) is 4.64. The van der Waals surface area contributed by atoms with Gasteiger partial charge in [0.15, 0.2) is 0 Å². The first-order chi connectivity index (χ1) is 14.2. The Morgan fingerprint density at radius 3 is 2.41 bits per heavy atom. The molecule has 1 aliphatic carbocycles. The number of amides is 1. The Morgan fingerprint density at radius 2 is 1.72 bits per heavy atom. The average molecular weight is 390 g/mol. The third-order valence-electron chi connectivity index (χ3n) is 5.69. The molecule has 0 radical (unpaired) electrons. The van der Waals surface area contributed by atoms with Gasteiger partial charge in [-0.15, -0.1) is 0 Å². The van der Waals surface area contributed by atoms with E-state index in [4.69, 9.17) is 4.74 Å². The Labute approximate surface area is 170 Å². The number of aromatic nitrogens is 1. The van der Waals surface area contributed by atoms with Crippen LogP contribution < -0.4 is 10.1 Å². The van der Waals surface area contributed by atoms with Crippen LogP contribution in [0.15, 0.2) is 54.7 Å². The van der Waals surface area contributed by atoms with Gasteiger partial charge >= 0.3 is 0 Å². The van der Waals surface area contributed by atoms with Crippen molar-refractivity contribution in [2.24, 2.45) is 0 Å². The molecule has 1 aliphatic rings. The van der Waals surface area contributed by atoms with E-state index >= 15 is 0 Å². The molecule has 5 heteroatoms. The summed E-state index contributed by atoms with van der Waals surface area (Å²) in [7, 11) is 1.62. The Hall–Kier alpha value is -3.08. The van der Waals surface area contributed by atoms with E-state index in [1.807, 2.05) is 54.7 Å². The molecule has 0 saturated heterocycles. The number of carbonyl (C=O) groups is 2. The highest BCUT2D eigenvalue weighted by atomic mass is 16.5. The number of methoxy groups -OCH3 is 1. The van der Waals surface area contributed by atoms with Gasteiger partial charge in [-0.25, -0.2) is 0 Å². The second kappa shape index (κ2) is 8.52. The lowest BCUT2D eigenvalue weighted by Gasteiger charge is -2.16. The molecule has 1 amide bonds. The lowest BCUT2D eigenvalue weighted by Crippen LogP contribution is -2.39. The van der Waals surface area contributed by atoms with Gasteiger partial charge in [0.2, 0.25) is 0 Å². The van der Waals surface area contributed by atoms with Crippen LogP contribution in [-0.2, 0) is 4.79 Å². The minimum atomic E-state index is -0.518. The third kappa shape index (κ3) is 4.04. The third-order valence-corrected chi connectivity index (χ3v) is 5.69. The van der Waals surface area contributed by atoms with E-state index in [-0.39, 0.29) is 6.04 Å². The first kappa shape index (κ1) is 19.2. The number of hydrogen-bond donors (Lipinski definition) is 1. The van der Waals surface area contributed by atoms with Gasteiger partial charge < -0.3 is 14.5 Å². The van der Waals surface area contributed by atoms with Crippen LogP contribution in [0.3, 0.4) is 0 Å². The van der Waals surface area contributed by atoms with Crippen LogP contribution in [0.2, 0.25) is 0 Å². The van der Waals surface area contributed by atoms with E-state index in [0.717, 1.165) is 48.1 Å². The van der Waals surface area contributed by atoms with Crippen LogP contribution in [0.5, 0.6) is 5.75 Å². The monoisotopic (exact) mass is 390 g/mol. The number of rotatable bonds is 5. The van der Waals surface area contributed by atoms with Crippen LogP contribution in [0.25, 0.3) is 16.6 Å². The van der Waals surface area contributed by atoms with Crippen molar-refractivity contribution in [3.8, 4) is 16.9 Å². The van der Waals surface area contributed by atoms with Crippen molar-refractivity contribution in [3.63, 3.8) is 0 Å². The summed E-state index contributed by atoms with van der Waals surface area (Å²) in [6.07, 6.45) is 8.32. The topological polar surface area (TPSA) is 59.8 Å². The number of nitrogens with one attached hydrogen (secondary N) is 1. The van der Waals surface area contributed by atoms with Crippen molar-refractivity contribution in [2.45, 2.75) is 44.6 Å². The lowest BCUT2D eigenvalue weighted by molar-refractivity contribution is -0.117. The molecule has 0 bridgehead atoms. The minimum Gasteiger partial charge on any atom is -0.497 e. The molecule has 2 heterocycles. The molecule has 3 aromatic rings. The van der Waals surface area contributed by atoms with Crippen LogP contribution >= 0.6 is 0 Å². The summed E-state index contributed by atoms with van der Waals surface area (Å²) < 4.78 is 7.04. The SMILES string of the molecule is COc1ccc(-c2cc3ccccn3c2C(=O)C(=O)NC2CCCCCC2)cc1. The Bertz CT molecular complexity index is 1010. The summed E-state index contributed by atoms with van der Waals surface area (Å²) in [5, 5.41) is 2.99. The van der Waals surface area contributed by atoms with Gasteiger partial charge in [-0.2, -0.15) is 0 Å². The van der Waals surface area contributed by atoms with Gasteiger partial charge in [0.25, 0.3) is 11.7 Å². The molecule has 1 fully saturated rings. The summed E-state index contributed by atoms with van der Waals surface area (Å²) in [4.78, 5) is 26.1. The molecule has 4 rings (SSSR count). The van der Waals surface area contributed by atoms with Crippen molar-refractivity contribution < 1.29 is 14.3 Å². The maximum atomic E-state index is 13.2. The number of benzene rings is 1. The highest BCUT2D eigenvalue weighted by molar-refractivity contribution is 6.43. The van der Waals surface area contributed by atoms with Crippen LogP contribution in [0, 0.1) is 0 Å². The predicted molar refractivity (Wildman–Crippen MR) is 113 cm³/mol. The highest BCUT2D eigenvalue weighted by Gasteiger charge is 2.26. The molecule has 1 saturated carbocycles. The van der Waals surface area contributed by atoms with Gasteiger partial charge in [-0.3, -0.25) is 9.59 Å². The van der Waals surface area contributed by atoms with E-state index < -0.39 is 11.7 Å². The molecule has 1 aromatic carbocycles. The molecule has 150 valence electrons. The molecular formula is C24H26N2O3. The van der Waals surface area contributed by atoms with Crippen LogP contribution in [-0.4, -0.2) is 29.2 Å². The molecular weight excluding hydrogens is 364 g/mol. The van der Waals surface area contributed by atoms with E-state index in [1.165, 1.54) is 12.8 Å². The normalized spacial score (nSPS) is 15.1. The number of ether oxygens (including phenoxy) is 1. The van der Waals surface area contributed by atoms with Crippen LogP contribution in [0.4, 0.5) is 0 Å². The maximum Gasteiger partial charge on any atom is 0.294 e. The lowest BCUT2D eigenvalue weighted by atomic mass is 10.0. The summed E-state index contributed by atoms with van der Waals surface area (Å²) in [5.74, 6) is -0.265. The summed E-state index contributed by atoms with van der Waals surface area (Å²) in [6.45, 7) is 0. The zero-order valence-corrected chi connectivity index (χ0v) is 16.7. The highest BCUT2D eigenvalue weighted by Crippen LogP contribution is 2.30. The second-order valence-corrected chi connectivity index (χ2v) is 7.62. The number of ketones is 1. The minimum absolute atomic E-state index is 0.0876. The Kier molecular flexibility index (Phi) is 5.65. The molecule has 29 heavy (non-hydrogen) atoms. The smallest absolute Gasteiger partial charge is 0.294 e. The maximum absolute atomic E-state index is 13.2. The molecule has 0 aliphatic heterocycles. The van der Waals surface area contributed by atoms with Crippen molar-refractivity contribution in [1.29, 1.82) is 0 Å². The number of Topliss-reactive ketones (excluding diaryl/α,β-unsaturated/α-hetero) is 1. The standard InChI is InChI=1S/C24H26N2O3/c1-29-20-13-11-17(12-14-20)21-16-19-10-6-7-15-26(19)22(21)23(27)24(28)25-18-8-4-2-3-5-9-18/h6-7,10-16,18H,2-5,8-9H2,1H3,(H,25,28). The molecule has 0 spiro atoms. The van der Waals surface area contributed by atoms with Crippen molar-refractivity contribution in [3.05, 3.63) is 60.4 Å².